The summed E-state index contributed by atoms with van der Waals surface area (Å²) in [5, 5.41) is 0. The maximum absolute atomic E-state index is 13.4. The molecule has 2 aliphatic rings. The number of esters is 1. The number of piperidine rings is 1. The molecule has 0 saturated carbocycles. The van der Waals surface area contributed by atoms with Crippen molar-refractivity contribution in [1.29, 1.82) is 0 Å². The van der Waals surface area contributed by atoms with E-state index < -0.39 is 17.7 Å². The third kappa shape index (κ3) is 4.01. The number of amides is 3. The molecular weight excluding hydrogens is 360 g/mol. The molecule has 0 N–H and O–H groups in total. The zero-order valence-electron chi connectivity index (χ0n) is 15.0. The number of nitrogens with zero attached hydrogens (tertiary/aromatic N) is 3. The summed E-state index contributed by atoms with van der Waals surface area (Å²) >= 11 is 0. The van der Waals surface area contributed by atoms with Crippen LogP contribution in [-0.2, 0) is 14.3 Å². The van der Waals surface area contributed by atoms with E-state index in [1.165, 1.54) is 23.0 Å². The summed E-state index contributed by atoms with van der Waals surface area (Å²) in [6.45, 7) is 1.41. The molecule has 3 amide bonds. The number of halogens is 2. The van der Waals surface area contributed by atoms with Gasteiger partial charge in [0.05, 0.1) is 13.0 Å². The lowest BCUT2D eigenvalue weighted by atomic mass is 9.97. The molecule has 0 bridgehead atoms. The van der Waals surface area contributed by atoms with Crippen LogP contribution in [0.25, 0.3) is 0 Å². The largest absolute Gasteiger partial charge is 0.469 e. The number of anilines is 1. The number of likely N-dealkylation sites (tertiary alicyclic amines) is 1. The first-order chi connectivity index (χ1) is 12.9. The average molecular weight is 381 g/mol. The van der Waals surface area contributed by atoms with Crippen molar-refractivity contribution in [2.75, 3.05) is 44.7 Å². The van der Waals surface area contributed by atoms with Crippen LogP contribution in [0.4, 0.5) is 19.3 Å². The van der Waals surface area contributed by atoms with Crippen LogP contribution in [0.15, 0.2) is 18.2 Å². The van der Waals surface area contributed by atoms with E-state index in [2.05, 4.69) is 0 Å². The highest BCUT2D eigenvalue weighted by Gasteiger charge is 2.34. The summed E-state index contributed by atoms with van der Waals surface area (Å²) < 4.78 is 31.2. The van der Waals surface area contributed by atoms with Gasteiger partial charge in [0.1, 0.15) is 6.54 Å². The fraction of sp³-hybridized carbons (Fsp3) is 0.500. The highest BCUT2D eigenvalue weighted by atomic mass is 19.2. The molecule has 1 aromatic rings. The Balaban J connectivity index is 1.56. The molecule has 146 valence electrons. The Hall–Kier alpha value is -2.71. The number of ether oxygens (including phenoxy) is 1. The Morgan fingerprint density at radius 1 is 1.11 bits per heavy atom. The second kappa shape index (κ2) is 7.89. The minimum atomic E-state index is -1.02. The van der Waals surface area contributed by atoms with Crippen LogP contribution in [0, 0.1) is 17.6 Å². The Morgan fingerprint density at radius 2 is 1.81 bits per heavy atom. The van der Waals surface area contributed by atoms with Gasteiger partial charge in [0.25, 0.3) is 0 Å². The first-order valence-corrected chi connectivity index (χ1v) is 8.78. The molecule has 2 saturated heterocycles. The fourth-order valence-corrected chi connectivity index (χ4v) is 3.42. The molecule has 27 heavy (non-hydrogen) atoms. The Bertz CT molecular complexity index is 750. The van der Waals surface area contributed by atoms with Crippen LogP contribution >= 0.6 is 0 Å². The van der Waals surface area contributed by atoms with Gasteiger partial charge in [-0.25, -0.2) is 13.6 Å². The molecule has 9 heteroatoms. The minimum Gasteiger partial charge on any atom is -0.469 e. The first kappa shape index (κ1) is 19.1. The number of carbonyl (C=O) groups excluding carboxylic acids is 3. The number of benzene rings is 1. The van der Waals surface area contributed by atoms with E-state index in [1.54, 1.807) is 4.90 Å². The average Bonchev–Trinajstić information content (AvgIpc) is 3.03. The van der Waals surface area contributed by atoms with E-state index in [9.17, 15) is 23.2 Å². The van der Waals surface area contributed by atoms with Crippen molar-refractivity contribution in [2.45, 2.75) is 12.8 Å². The molecule has 0 radical (unpaired) electrons. The number of hydrogen-bond donors (Lipinski definition) is 0. The SMILES string of the molecule is COC(=O)C1CCN(C(=O)CN2CCN(c3ccc(F)c(F)c3)C2=O)CC1. The highest BCUT2D eigenvalue weighted by molar-refractivity contribution is 5.96. The lowest BCUT2D eigenvalue weighted by Gasteiger charge is -2.31. The Labute approximate surface area is 155 Å². The van der Waals surface area contributed by atoms with E-state index in [-0.39, 0.29) is 30.0 Å². The monoisotopic (exact) mass is 381 g/mol. The molecule has 2 heterocycles. The van der Waals surface area contributed by atoms with Gasteiger partial charge >= 0.3 is 12.0 Å². The number of carbonyl (C=O) groups is 3. The second-order valence-corrected chi connectivity index (χ2v) is 6.63. The van der Waals surface area contributed by atoms with E-state index in [0.29, 0.717) is 39.0 Å². The van der Waals surface area contributed by atoms with E-state index in [1.807, 2.05) is 0 Å². The summed E-state index contributed by atoms with van der Waals surface area (Å²) in [6, 6.07) is 2.85. The van der Waals surface area contributed by atoms with Crippen molar-refractivity contribution in [3.05, 3.63) is 29.8 Å². The predicted octanol–water partition coefficient (Wildman–Crippen LogP) is 1.62. The van der Waals surface area contributed by atoms with Crippen molar-refractivity contribution in [2.24, 2.45) is 5.92 Å². The second-order valence-electron chi connectivity index (χ2n) is 6.63. The van der Waals surface area contributed by atoms with Crippen LogP contribution in [-0.4, -0.2) is 67.5 Å². The molecule has 0 spiro atoms. The maximum atomic E-state index is 13.4. The first-order valence-electron chi connectivity index (χ1n) is 8.78. The zero-order valence-corrected chi connectivity index (χ0v) is 15.0. The quantitative estimate of drug-likeness (QED) is 0.744. The van der Waals surface area contributed by atoms with E-state index >= 15 is 0 Å². The van der Waals surface area contributed by atoms with Crippen LogP contribution in [0.2, 0.25) is 0 Å². The topological polar surface area (TPSA) is 70.2 Å². The van der Waals surface area contributed by atoms with Gasteiger partial charge < -0.3 is 14.5 Å². The lowest BCUT2D eigenvalue weighted by molar-refractivity contribution is -0.148. The number of methoxy groups -OCH3 is 1. The molecule has 2 fully saturated rings. The van der Waals surface area contributed by atoms with Gasteiger partial charge in [-0.3, -0.25) is 14.5 Å². The number of urea groups is 1. The Kier molecular flexibility index (Phi) is 5.57. The molecule has 7 nitrogen and oxygen atoms in total. The standard InChI is InChI=1S/C18H21F2N3O4/c1-27-17(25)12-4-6-21(7-5-12)16(24)11-22-8-9-23(18(22)26)13-2-3-14(19)15(20)10-13/h2-3,10,12H,4-9,11H2,1H3. The maximum Gasteiger partial charge on any atom is 0.325 e. The van der Waals surface area contributed by atoms with Gasteiger partial charge in [-0.05, 0) is 25.0 Å². The van der Waals surface area contributed by atoms with Gasteiger partial charge in [-0.2, -0.15) is 0 Å². The number of hydrogen-bond acceptors (Lipinski definition) is 4. The normalized spacial score (nSPS) is 18.2. The van der Waals surface area contributed by atoms with Gasteiger partial charge in [-0.1, -0.05) is 0 Å². The summed E-state index contributed by atoms with van der Waals surface area (Å²) in [7, 11) is 1.34. The van der Waals surface area contributed by atoms with Gasteiger partial charge in [-0.15, -0.1) is 0 Å². The van der Waals surface area contributed by atoms with Crippen LogP contribution in [0.3, 0.4) is 0 Å². The van der Waals surface area contributed by atoms with Crippen LogP contribution in [0.1, 0.15) is 12.8 Å². The molecule has 1 aromatic carbocycles. The van der Waals surface area contributed by atoms with Crippen LogP contribution in [0.5, 0.6) is 0 Å². The Morgan fingerprint density at radius 3 is 2.44 bits per heavy atom. The zero-order chi connectivity index (χ0) is 19.6. The lowest BCUT2D eigenvalue weighted by Crippen LogP contribution is -2.46. The fourth-order valence-electron chi connectivity index (χ4n) is 3.42. The molecule has 0 unspecified atom stereocenters. The predicted molar refractivity (Wildman–Crippen MR) is 92.0 cm³/mol. The third-order valence-corrected chi connectivity index (χ3v) is 5.02. The highest BCUT2D eigenvalue weighted by Crippen LogP contribution is 2.23. The molecular formula is C18H21F2N3O4. The number of rotatable bonds is 4. The van der Waals surface area contributed by atoms with E-state index in [0.717, 1.165) is 12.1 Å². The molecule has 3 rings (SSSR count). The molecule has 2 aliphatic heterocycles. The molecule has 0 atom stereocenters. The van der Waals surface area contributed by atoms with Crippen molar-refractivity contribution in [3.8, 4) is 0 Å². The molecule has 0 aliphatic carbocycles. The summed E-state index contributed by atoms with van der Waals surface area (Å²) in [5.41, 5.74) is 0.257. The van der Waals surface area contributed by atoms with Gasteiger partial charge in [0, 0.05) is 37.9 Å². The minimum absolute atomic E-state index is 0.0814. The van der Waals surface area contributed by atoms with E-state index in [4.69, 9.17) is 4.74 Å². The van der Waals surface area contributed by atoms with Crippen molar-refractivity contribution in [1.82, 2.24) is 9.80 Å². The molecule has 0 aromatic heterocycles. The van der Waals surface area contributed by atoms with Crippen LogP contribution < -0.4 is 4.90 Å². The summed E-state index contributed by atoms with van der Waals surface area (Å²) in [4.78, 5) is 40.9. The van der Waals surface area contributed by atoms with Crippen molar-refractivity contribution >= 4 is 23.6 Å². The van der Waals surface area contributed by atoms with Crippen molar-refractivity contribution < 1.29 is 27.9 Å². The van der Waals surface area contributed by atoms with Gasteiger partial charge in [0.2, 0.25) is 5.91 Å². The summed E-state index contributed by atoms with van der Waals surface area (Å²) in [6.07, 6.45) is 1.07. The summed E-state index contributed by atoms with van der Waals surface area (Å²) in [5.74, 6) is -2.66. The van der Waals surface area contributed by atoms with Crippen molar-refractivity contribution in [3.63, 3.8) is 0 Å². The van der Waals surface area contributed by atoms with Gasteiger partial charge in [0.15, 0.2) is 11.6 Å². The third-order valence-electron chi connectivity index (χ3n) is 5.02. The smallest absolute Gasteiger partial charge is 0.325 e.